The second-order valence-corrected chi connectivity index (χ2v) is 5.84. The Bertz CT molecular complexity index is 238. The molecular weight excluding hydrogens is 308 g/mol. The zero-order valence-corrected chi connectivity index (χ0v) is 16.4. The number of ether oxygens (including phenoxy) is 5. The van der Waals surface area contributed by atoms with Crippen molar-refractivity contribution in [2.24, 2.45) is 5.92 Å². The molecule has 0 spiro atoms. The largest absolute Gasteiger partial charge is 0.379 e. The molecule has 0 amide bonds. The Hall–Kier alpha value is -0.200. The van der Waals surface area contributed by atoms with E-state index >= 15 is 0 Å². The third-order valence-corrected chi connectivity index (χ3v) is 3.78. The van der Waals surface area contributed by atoms with Gasteiger partial charge in [0.05, 0.1) is 39.6 Å². The number of unbranched alkanes of at least 4 members (excludes halogenated alkanes) is 1. The third kappa shape index (κ3) is 14.2. The highest BCUT2D eigenvalue weighted by molar-refractivity contribution is 4.62. The molecule has 0 aliphatic heterocycles. The molecule has 0 saturated heterocycles. The smallest absolute Gasteiger partial charge is 0.160 e. The van der Waals surface area contributed by atoms with Crippen LogP contribution in [0.5, 0.6) is 0 Å². The predicted octanol–water partition coefficient (Wildman–Crippen LogP) is 4.04. The van der Waals surface area contributed by atoms with Crippen LogP contribution in [0.4, 0.5) is 0 Å². The van der Waals surface area contributed by atoms with Crippen molar-refractivity contribution in [3.8, 4) is 0 Å². The van der Waals surface area contributed by atoms with E-state index in [0.29, 0.717) is 45.6 Å². The Balaban J connectivity index is 4.05. The van der Waals surface area contributed by atoms with E-state index in [2.05, 4.69) is 20.8 Å². The number of hydrogen-bond donors (Lipinski definition) is 0. The quantitative estimate of drug-likeness (QED) is 0.260. The highest BCUT2D eigenvalue weighted by Gasteiger charge is 2.21. The van der Waals surface area contributed by atoms with Crippen LogP contribution < -0.4 is 0 Å². The van der Waals surface area contributed by atoms with Crippen LogP contribution in [0.25, 0.3) is 0 Å². The highest BCUT2D eigenvalue weighted by atomic mass is 16.7. The van der Waals surface area contributed by atoms with Crippen molar-refractivity contribution >= 4 is 0 Å². The molecule has 0 radical (unpaired) electrons. The molecule has 2 atom stereocenters. The van der Waals surface area contributed by atoms with Gasteiger partial charge in [-0.25, -0.2) is 0 Å². The molecule has 0 aliphatic carbocycles. The van der Waals surface area contributed by atoms with Gasteiger partial charge in [-0.2, -0.15) is 0 Å². The molecule has 0 rings (SSSR count). The van der Waals surface area contributed by atoms with Crippen LogP contribution >= 0.6 is 0 Å². The summed E-state index contributed by atoms with van der Waals surface area (Å²) in [4.78, 5) is 0. The van der Waals surface area contributed by atoms with E-state index in [1.54, 1.807) is 0 Å². The average Bonchev–Trinajstić information content (AvgIpc) is 2.60. The Morgan fingerprint density at radius 2 is 1.21 bits per heavy atom. The summed E-state index contributed by atoms with van der Waals surface area (Å²) in [6.07, 6.45) is 5.47. The molecule has 5 nitrogen and oxygen atoms in total. The lowest BCUT2D eigenvalue weighted by Crippen LogP contribution is -2.30. The lowest BCUT2D eigenvalue weighted by molar-refractivity contribution is -0.187. The highest BCUT2D eigenvalue weighted by Crippen LogP contribution is 2.20. The fraction of sp³-hybridized carbons (Fsp3) is 1.00. The summed E-state index contributed by atoms with van der Waals surface area (Å²) in [6, 6.07) is 0. The maximum absolute atomic E-state index is 5.96. The van der Waals surface area contributed by atoms with Gasteiger partial charge in [0.1, 0.15) is 0 Å². The van der Waals surface area contributed by atoms with Gasteiger partial charge in [0.2, 0.25) is 0 Å². The van der Waals surface area contributed by atoms with Crippen LogP contribution in [0.2, 0.25) is 0 Å². The van der Waals surface area contributed by atoms with Gasteiger partial charge in [0.15, 0.2) is 6.29 Å². The maximum Gasteiger partial charge on any atom is 0.160 e. The second kappa shape index (κ2) is 19.1. The summed E-state index contributed by atoms with van der Waals surface area (Å²) in [6.45, 7) is 13.6. The van der Waals surface area contributed by atoms with E-state index in [4.69, 9.17) is 23.7 Å². The summed E-state index contributed by atoms with van der Waals surface area (Å²) in [7, 11) is 0. The standard InChI is InChI=1S/C19H40O5/c1-5-9-10-18(7-3)19(23-16-14-21-11-6-2)24-17-15-22-13-12-20-8-4/h18-19H,5-17H2,1-4H3. The minimum atomic E-state index is -0.165. The first kappa shape index (κ1) is 23.8. The fourth-order valence-corrected chi connectivity index (χ4v) is 2.38. The van der Waals surface area contributed by atoms with Gasteiger partial charge >= 0.3 is 0 Å². The molecule has 0 bridgehead atoms. The molecule has 5 heteroatoms. The molecule has 0 aromatic heterocycles. The third-order valence-electron chi connectivity index (χ3n) is 3.78. The molecule has 0 fully saturated rings. The van der Waals surface area contributed by atoms with Gasteiger partial charge in [-0.3, -0.25) is 0 Å². The molecule has 0 aliphatic rings. The Labute approximate surface area is 149 Å². The minimum absolute atomic E-state index is 0.165. The first-order valence-corrected chi connectivity index (χ1v) is 9.76. The van der Waals surface area contributed by atoms with Crippen LogP contribution in [0.1, 0.15) is 59.8 Å². The van der Waals surface area contributed by atoms with Crippen molar-refractivity contribution in [1.82, 2.24) is 0 Å². The molecule has 0 aromatic carbocycles. The SMILES string of the molecule is CCCCC(CC)C(OCCOCCC)OCCOCCOCC. The summed E-state index contributed by atoms with van der Waals surface area (Å²) in [5, 5.41) is 0. The van der Waals surface area contributed by atoms with Gasteiger partial charge in [-0.15, -0.1) is 0 Å². The molecular formula is C19H40O5. The van der Waals surface area contributed by atoms with E-state index in [0.717, 1.165) is 32.5 Å². The van der Waals surface area contributed by atoms with Crippen LogP contribution in [0.3, 0.4) is 0 Å². The predicted molar refractivity (Wildman–Crippen MR) is 97.4 cm³/mol. The van der Waals surface area contributed by atoms with E-state index < -0.39 is 0 Å². The molecule has 0 N–H and O–H groups in total. The number of hydrogen-bond acceptors (Lipinski definition) is 5. The van der Waals surface area contributed by atoms with E-state index in [1.807, 2.05) is 6.92 Å². The molecule has 0 aromatic rings. The Morgan fingerprint density at radius 3 is 1.75 bits per heavy atom. The number of rotatable bonds is 19. The van der Waals surface area contributed by atoms with Crippen LogP contribution in [-0.4, -0.2) is 59.1 Å². The average molecular weight is 349 g/mol. The lowest BCUT2D eigenvalue weighted by atomic mass is 9.99. The van der Waals surface area contributed by atoms with E-state index in [1.165, 1.54) is 12.8 Å². The van der Waals surface area contributed by atoms with E-state index in [-0.39, 0.29) is 6.29 Å². The van der Waals surface area contributed by atoms with Crippen molar-refractivity contribution in [1.29, 1.82) is 0 Å². The van der Waals surface area contributed by atoms with Gasteiger partial charge in [0, 0.05) is 19.1 Å². The van der Waals surface area contributed by atoms with Crippen LogP contribution in [-0.2, 0) is 23.7 Å². The van der Waals surface area contributed by atoms with Gasteiger partial charge in [-0.1, -0.05) is 33.6 Å². The first-order chi connectivity index (χ1) is 11.8. The summed E-state index contributed by atoms with van der Waals surface area (Å²) < 4.78 is 28.2. The topological polar surface area (TPSA) is 46.2 Å². The second-order valence-electron chi connectivity index (χ2n) is 5.84. The van der Waals surface area contributed by atoms with Gasteiger partial charge < -0.3 is 23.7 Å². The zero-order chi connectivity index (χ0) is 17.9. The maximum atomic E-state index is 5.96. The van der Waals surface area contributed by atoms with Crippen molar-refractivity contribution in [3.05, 3.63) is 0 Å². The summed E-state index contributed by atoms with van der Waals surface area (Å²) in [5.41, 5.74) is 0. The van der Waals surface area contributed by atoms with Gasteiger partial charge in [0.25, 0.3) is 0 Å². The molecule has 146 valence electrons. The van der Waals surface area contributed by atoms with Crippen molar-refractivity contribution in [2.45, 2.75) is 66.1 Å². The normalized spacial score (nSPS) is 14.0. The monoisotopic (exact) mass is 348 g/mol. The van der Waals surface area contributed by atoms with Crippen LogP contribution in [0, 0.1) is 5.92 Å². The minimum Gasteiger partial charge on any atom is -0.379 e. The van der Waals surface area contributed by atoms with Crippen LogP contribution in [0.15, 0.2) is 0 Å². The first-order valence-electron chi connectivity index (χ1n) is 9.76. The van der Waals surface area contributed by atoms with Crippen molar-refractivity contribution < 1.29 is 23.7 Å². The van der Waals surface area contributed by atoms with Crippen molar-refractivity contribution in [3.63, 3.8) is 0 Å². The van der Waals surface area contributed by atoms with Gasteiger partial charge in [-0.05, 0) is 26.2 Å². The summed E-state index contributed by atoms with van der Waals surface area (Å²) >= 11 is 0. The molecule has 0 heterocycles. The fourth-order valence-electron chi connectivity index (χ4n) is 2.38. The van der Waals surface area contributed by atoms with E-state index in [9.17, 15) is 0 Å². The molecule has 24 heavy (non-hydrogen) atoms. The Morgan fingerprint density at radius 1 is 0.625 bits per heavy atom. The molecule has 2 unspecified atom stereocenters. The summed E-state index contributed by atoms with van der Waals surface area (Å²) in [5.74, 6) is 0.430. The van der Waals surface area contributed by atoms with Crippen molar-refractivity contribution in [2.75, 3.05) is 52.9 Å². The molecule has 0 saturated carbocycles. The zero-order valence-electron chi connectivity index (χ0n) is 16.4. The Kier molecular flexibility index (Phi) is 19.0. The lowest BCUT2D eigenvalue weighted by Gasteiger charge is -2.26.